The lowest BCUT2D eigenvalue weighted by molar-refractivity contribution is -0.343. The highest BCUT2D eigenvalue weighted by Gasteiger charge is 2.77. The minimum atomic E-state index is -1.75. The number of hydrogen-bond donors (Lipinski definition) is 1. The van der Waals surface area contributed by atoms with Gasteiger partial charge in [0.15, 0.2) is 17.5 Å². The molecule has 66 heavy (non-hydrogen) atoms. The van der Waals surface area contributed by atoms with E-state index in [1.165, 1.54) is 4.90 Å². The van der Waals surface area contributed by atoms with Crippen LogP contribution in [0.1, 0.15) is 137 Å². The van der Waals surface area contributed by atoms with Crippen LogP contribution in [-0.2, 0) is 42.8 Å². The summed E-state index contributed by atoms with van der Waals surface area (Å²) in [5.74, 6) is -4.82. The Bertz CT molecular complexity index is 2220. The Balaban J connectivity index is 1.35. The molecular formula is C53H71NO12. The Morgan fingerprint density at radius 2 is 1.58 bits per heavy atom. The highest BCUT2D eigenvalue weighted by Crippen LogP contribution is 2.68. The Kier molecular flexibility index (Phi) is 13.4. The van der Waals surface area contributed by atoms with Gasteiger partial charge in [0.2, 0.25) is 0 Å². The maximum atomic E-state index is 15.9. The first-order valence-electron chi connectivity index (χ1n) is 23.9. The molecule has 1 amide bonds. The lowest BCUT2D eigenvalue weighted by Crippen LogP contribution is -2.80. The fourth-order valence-electron chi connectivity index (χ4n) is 12.9. The van der Waals surface area contributed by atoms with E-state index in [2.05, 4.69) is 0 Å². The van der Waals surface area contributed by atoms with Crippen LogP contribution in [0, 0.1) is 34.5 Å². The van der Waals surface area contributed by atoms with Crippen molar-refractivity contribution in [2.75, 3.05) is 20.3 Å². The summed E-state index contributed by atoms with van der Waals surface area (Å²) in [7, 11) is 1.57. The number of esters is 2. The number of fused-ring (bicyclic) bond motifs is 5. The van der Waals surface area contributed by atoms with Crippen LogP contribution in [0.5, 0.6) is 0 Å². The lowest BCUT2D eigenvalue weighted by atomic mass is 9.39. The fourth-order valence-corrected chi connectivity index (χ4v) is 12.9. The van der Waals surface area contributed by atoms with Gasteiger partial charge in [0.25, 0.3) is 0 Å². The van der Waals surface area contributed by atoms with Gasteiger partial charge in [-0.1, -0.05) is 113 Å². The first kappa shape index (κ1) is 49.5. The zero-order chi connectivity index (χ0) is 48.4. The summed E-state index contributed by atoms with van der Waals surface area (Å²) in [5, 5.41) is 14.1. The molecule has 2 saturated carbocycles. The van der Waals surface area contributed by atoms with Gasteiger partial charge < -0.3 is 33.5 Å². The molecule has 1 N–H and O–H groups in total. The summed E-state index contributed by atoms with van der Waals surface area (Å²) in [6.45, 7) is 20.1. The second-order valence-corrected chi connectivity index (χ2v) is 21.0. The molecule has 0 radical (unpaired) electrons. The van der Waals surface area contributed by atoms with Crippen LogP contribution in [0.25, 0.3) is 0 Å². The van der Waals surface area contributed by atoms with E-state index in [0.29, 0.717) is 29.5 Å². The Morgan fingerprint density at radius 3 is 2.12 bits per heavy atom. The summed E-state index contributed by atoms with van der Waals surface area (Å²) < 4.78 is 37.8. The van der Waals surface area contributed by atoms with Crippen LogP contribution in [0.2, 0.25) is 0 Å². The fraction of sp³-hybridized carbons (Fsp3) is 0.642. The van der Waals surface area contributed by atoms with Crippen LogP contribution in [0.15, 0.2) is 71.8 Å². The molecule has 2 aliphatic heterocycles. The number of aliphatic hydroxyl groups is 1. The van der Waals surface area contributed by atoms with Crippen LogP contribution in [-0.4, -0.2) is 101 Å². The number of nitrogens with zero attached hydrogens (tertiary/aromatic N) is 1. The third kappa shape index (κ3) is 7.83. The second kappa shape index (κ2) is 17.9. The topological polar surface area (TPSA) is 164 Å². The predicted octanol–water partition coefficient (Wildman–Crippen LogP) is 8.76. The second-order valence-electron chi connectivity index (χ2n) is 21.0. The SMILES string of the molecule is CCC(=O)O[C@@]12CO[C@@H]1CC(OC)[C@@]1(CC)C(=O)C(C)C3=C(C)[C@@H](COC(=O)C4OC(C)(CC)N(C(=O)OC(C)(C)C)C4c4ccccc4)C[C@@](O)([C@@H](CC(=O)c4ccccc4)[C@H]21)C3(C)C. The number of rotatable bonds is 12. The van der Waals surface area contributed by atoms with Crippen molar-refractivity contribution < 1.29 is 57.5 Å². The minimum Gasteiger partial charge on any atom is -0.463 e. The highest BCUT2D eigenvalue weighted by atomic mass is 16.6. The summed E-state index contributed by atoms with van der Waals surface area (Å²) in [5.41, 5.74) is -4.98. The molecule has 5 aliphatic rings. The molecule has 4 fully saturated rings. The average molecular weight is 914 g/mol. The van der Waals surface area contributed by atoms with Crippen molar-refractivity contribution in [3.8, 4) is 0 Å². The predicted molar refractivity (Wildman–Crippen MR) is 245 cm³/mol. The van der Waals surface area contributed by atoms with Crippen molar-refractivity contribution in [2.45, 2.75) is 162 Å². The molecule has 5 unspecified atom stereocenters. The minimum absolute atomic E-state index is 0.00974. The molecule has 7 rings (SSSR count). The number of benzene rings is 2. The summed E-state index contributed by atoms with van der Waals surface area (Å²) in [4.78, 5) is 74.5. The van der Waals surface area contributed by atoms with Gasteiger partial charge in [-0.25, -0.2) is 9.59 Å². The van der Waals surface area contributed by atoms with Gasteiger partial charge in [-0.3, -0.25) is 19.3 Å². The number of Topliss-reactive ketones (excluding diaryl/α,β-unsaturated/α-hetero) is 2. The molecule has 3 aliphatic carbocycles. The van der Waals surface area contributed by atoms with E-state index in [1.54, 1.807) is 66.0 Å². The monoisotopic (exact) mass is 913 g/mol. The van der Waals surface area contributed by atoms with Crippen molar-refractivity contribution in [3.05, 3.63) is 82.9 Å². The zero-order valence-electron chi connectivity index (χ0n) is 40.9. The van der Waals surface area contributed by atoms with E-state index in [1.807, 2.05) is 77.9 Å². The van der Waals surface area contributed by atoms with Crippen molar-refractivity contribution in [1.29, 1.82) is 0 Å². The molecule has 2 bridgehead atoms. The first-order valence-corrected chi connectivity index (χ1v) is 23.9. The lowest BCUT2D eigenvalue weighted by Gasteiger charge is -2.69. The van der Waals surface area contributed by atoms with Gasteiger partial charge in [0.1, 0.15) is 29.3 Å². The molecule has 2 aromatic carbocycles. The number of hydrogen-bond acceptors (Lipinski definition) is 12. The van der Waals surface area contributed by atoms with E-state index in [9.17, 15) is 24.3 Å². The van der Waals surface area contributed by atoms with Gasteiger partial charge in [0, 0.05) is 61.0 Å². The maximum Gasteiger partial charge on any atom is 0.413 e. The number of ketones is 2. The van der Waals surface area contributed by atoms with Crippen molar-refractivity contribution in [3.63, 3.8) is 0 Å². The summed E-state index contributed by atoms with van der Waals surface area (Å²) >= 11 is 0. The van der Waals surface area contributed by atoms with Gasteiger partial charge in [0.05, 0.1) is 30.3 Å². The van der Waals surface area contributed by atoms with Crippen molar-refractivity contribution in [1.82, 2.24) is 4.90 Å². The van der Waals surface area contributed by atoms with E-state index < -0.39 is 99.4 Å². The molecular weight excluding hydrogens is 843 g/mol. The Morgan fingerprint density at radius 1 is 0.939 bits per heavy atom. The number of carbonyl (C=O) groups is 5. The summed E-state index contributed by atoms with van der Waals surface area (Å²) in [6, 6.07) is 17.2. The molecule has 13 nitrogen and oxygen atoms in total. The van der Waals surface area contributed by atoms with Gasteiger partial charge >= 0.3 is 18.0 Å². The molecule has 2 heterocycles. The van der Waals surface area contributed by atoms with Crippen LogP contribution >= 0.6 is 0 Å². The Hall–Kier alpha value is -4.43. The average Bonchev–Trinajstić information content (AvgIpc) is 3.60. The molecule has 0 aromatic heterocycles. The van der Waals surface area contributed by atoms with E-state index in [0.717, 1.165) is 5.57 Å². The smallest absolute Gasteiger partial charge is 0.413 e. The standard InChI is InChI=1S/C53H71NO12/c1-13-40(56)64-52-30-63-39(52)27-38(61-12)51(15-3)44(52)36(26-37(55)33-22-18-16-19-23-33)53(60)28-35(31(4)41(49(53,9)10)32(5)45(51)57)29-62-46(58)43-42(34-24-20-17-21-25-34)54(50(11,14-2)65-43)47(59)66-48(6,7)8/h16-25,32,35-36,38-39,42-44,60H,13-15,26-30H2,1-12H3/t32?,35-,36+,38?,39-,42?,43?,44+,50?,51-,52+,53-/m1/s1. The number of amides is 1. The van der Waals surface area contributed by atoms with Crippen LogP contribution in [0.4, 0.5) is 4.79 Å². The van der Waals surface area contributed by atoms with E-state index in [-0.39, 0.29) is 50.5 Å². The number of carbonyl (C=O) groups excluding carboxylic acids is 5. The number of methoxy groups -OCH3 is 1. The molecule has 2 saturated heterocycles. The van der Waals surface area contributed by atoms with Crippen LogP contribution in [0.3, 0.4) is 0 Å². The van der Waals surface area contributed by atoms with Gasteiger partial charge in [-0.15, -0.1) is 0 Å². The van der Waals surface area contributed by atoms with E-state index in [4.69, 9.17) is 28.4 Å². The highest BCUT2D eigenvalue weighted by molar-refractivity contribution is 5.97. The quantitative estimate of drug-likeness (QED) is 0.0934. The normalized spacial score (nSPS) is 36.0. The van der Waals surface area contributed by atoms with E-state index >= 15 is 4.79 Å². The first-order chi connectivity index (χ1) is 31.0. The van der Waals surface area contributed by atoms with Gasteiger partial charge in [-0.05, 0) is 59.4 Å². The third-order valence-corrected chi connectivity index (χ3v) is 16.3. The van der Waals surface area contributed by atoms with Crippen molar-refractivity contribution >= 4 is 29.6 Å². The largest absolute Gasteiger partial charge is 0.463 e. The molecule has 12 atom stereocenters. The van der Waals surface area contributed by atoms with Crippen LogP contribution < -0.4 is 0 Å². The molecule has 360 valence electrons. The number of ether oxygens (including phenoxy) is 6. The van der Waals surface area contributed by atoms with Gasteiger partial charge in [-0.2, -0.15) is 0 Å². The zero-order valence-corrected chi connectivity index (χ0v) is 40.9. The Labute approximate surface area is 390 Å². The maximum absolute atomic E-state index is 15.9. The molecule has 13 heteroatoms. The molecule has 2 aromatic rings. The van der Waals surface area contributed by atoms with Crippen molar-refractivity contribution in [2.24, 2.45) is 34.5 Å². The molecule has 0 spiro atoms. The third-order valence-electron chi connectivity index (χ3n) is 16.3. The summed E-state index contributed by atoms with van der Waals surface area (Å²) in [6.07, 6.45) is -2.37.